The van der Waals surface area contributed by atoms with Gasteiger partial charge in [0.25, 0.3) is 0 Å². The molecule has 0 aliphatic heterocycles. The summed E-state index contributed by atoms with van der Waals surface area (Å²) in [5, 5.41) is 23.4. The van der Waals surface area contributed by atoms with Gasteiger partial charge in [0, 0.05) is 12.8 Å². The van der Waals surface area contributed by atoms with E-state index in [1.807, 2.05) is 0 Å². The van der Waals surface area contributed by atoms with Crippen LogP contribution in [0.25, 0.3) is 0 Å². The Kier molecular flexibility index (Phi) is 78.3. The highest BCUT2D eigenvalue weighted by atomic mass is 16.5. The van der Waals surface area contributed by atoms with Crippen LogP contribution in [0, 0.1) is 0 Å². The molecule has 0 aliphatic rings. The van der Waals surface area contributed by atoms with E-state index in [2.05, 4.69) is 43.5 Å². The molecule has 0 aromatic carbocycles. The van der Waals surface area contributed by atoms with Crippen molar-refractivity contribution in [2.24, 2.45) is 0 Å². The lowest BCUT2D eigenvalue weighted by Gasteiger charge is -2.22. The Hall–Kier alpha value is -1.66. The van der Waals surface area contributed by atoms with Crippen LogP contribution in [-0.2, 0) is 14.3 Å². The van der Waals surface area contributed by atoms with Gasteiger partial charge in [0.05, 0.1) is 25.4 Å². The van der Waals surface area contributed by atoms with Crippen molar-refractivity contribution in [1.29, 1.82) is 0 Å². The molecule has 0 aromatic heterocycles. The molecule has 534 valence electrons. The van der Waals surface area contributed by atoms with Crippen LogP contribution in [0.2, 0.25) is 0 Å². The highest BCUT2D eigenvalue weighted by molar-refractivity contribution is 5.76. The van der Waals surface area contributed by atoms with Crippen LogP contribution in [0.5, 0.6) is 0 Å². The standard InChI is InChI=1S/C84H163NO5/c1-3-5-7-9-11-13-15-17-19-21-41-46-50-54-58-62-66-70-74-78-84(89)90-79-75-71-67-63-59-55-51-47-43-40-38-36-34-32-30-28-26-24-22-23-25-27-29-31-33-35-37-39-42-45-49-53-57-61-65-69-73-77-83(88)85-81(80-86)82(87)76-72-68-64-60-56-52-48-44-20-18-16-14-12-10-8-6-4-2/h17,19,22,24,81-82,86-87H,3-16,18,20-21,23,25-80H2,1-2H3,(H,85,88)/b19-17-,24-22-. The second-order valence-corrected chi connectivity index (χ2v) is 28.8. The summed E-state index contributed by atoms with van der Waals surface area (Å²) in [7, 11) is 0. The number of aliphatic hydroxyl groups is 2. The molecule has 3 N–H and O–H groups in total. The van der Waals surface area contributed by atoms with Crippen molar-refractivity contribution in [3.8, 4) is 0 Å². The number of amides is 1. The highest BCUT2D eigenvalue weighted by Gasteiger charge is 2.20. The number of allylic oxidation sites excluding steroid dienone is 4. The van der Waals surface area contributed by atoms with E-state index in [0.717, 1.165) is 38.5 Å². The lowest BCUT2D eigenvalue weighted by Crippen LogP contribution is -2.45. The number of esters is 1. The average molecular weight is 1270 g/mol. The van der Waals surface area contributed by atoms with Crippen LogP contribution >= 0.6 is 0 Å². The van der Waals surface area contributed by atoms with Gasteiger partial charge in [-0.1, -0.05) is 411 Å². The average Bonchev–Trinajstić information content (AvgIpc) is 3.60. The zero-order chi connectivity index (χ0) is 64.9. The van der Waals surface area contributed by atoms with E-state index in [-0.39, 0.29) is 18.5 Å². The van der Waals surface area contributed by atoms with Gasteiger partial charge < -0.3 is 20.3 Å². The van der Waals surface area contributed by atoms with Crippen LogP contribution in [-0.4, -0.2) is 47.4 Å². The van der Waals surface area contributed by atoms with Crippen molar-refractivity contribution in [3.63, 3.8) is 0 Å². The summed E-state index contributed by atoms with van der Waals surface area (Å²) in [6.07, 6.45) is 103. The van der Waals surface area contributed by atoms with E-state index in [4.69, 9.17) is 4.74 Å². The van der Waals surface area contributed by atoms with Crippen LogP contribution in [0.3, 0.4) is 0 Å². The predicted octanol–water partition coefficient (Wildman–Crippen LogP) is 27.6. The van der Waals surface area contributed by atoms with E-state index in [1.165, 1.54) is 405 Å². The Labute approximate surface area is 564 Å². The lowest BCUT2D eigenvalue weighted by molar-refractivity contribution is -0.143. The van der Waals surface area contributed by atoms with E-state index < -0.39 is 12.1 Å². The van der Waals surface area contributed by atoms with Gasteiger partial charge in [0.15, 0.2) is 0 Å². The molecule has 6 heteroatoms. The number of hydrogen-bond acceptors (Lipinski definition) is 5. The van der Waals surface area contributed by atoms with Crippen LogP contribution in [0.15, 0.2) is 24.3 Å². The second kappa shape index (κ2) is 79.8. The summed E-state index contributed by atoms with van der Waals surface area (Å²) < 4.78 is 5.52. The minimum Gasteiger partial charge on any atom is -0.466 e. The summed E-state index contributed by atoms with van der Waals surface area (Å²) >= 11 is 0. The number of unbranched alkanes of at least 4 members (excludes halogenated alkanes) is 64. The zero-order valence-electron chi connectivity index (χ0n) is 61.4. The fraction of sp³-hybridized carbons (Fsp3) is 0.929. The molecule has 0 radical (unpaired) electrons. The van der Waals surface area contributed by atoms with Gasteiger partial charge in [-0.3, -0.25) is 9.59 Å². The molecule has 0 spiro atoms. The fourth-order valence-corrected chi connectivity index (χ4v) is 13.4. The van der Waals surface area contributed by atoms with Gasteiger partial charge in [-0.25, -0.2) is 0 Å². The molecule has 2 atom stereocenters. The Morgan fingerprint density at radius 1 is 0.300 bits per heavy atom. The van der Waals surface area contributed by atoms with Gasteiger partial charge in [-0.2, -0.15) is 0 Å². The third kappa shape index (κ3) is 75.4. The van der Waals surface area contributed by atoms with Crippen molar-refractivity contribution >= 4 is 11.9 Å². The fourth-order valence-electron chi connectivity index (χ4n) is 13.4. The number of aliphatic hydroxyl groups excluding tert-OH is 2. The number of hydrogen-bond donors (Lipinski definition) is 3. The summed E-state index contributed by atoms with van der Waals surface area (Å²) in [4.78, 5) is 24.7. The first-order valence-electron chi connectivity index (χ1n) is 41.6. The molecule has 6 nitrogen and oxygen atoms in total. The molecule has 0 saturated carbocycles. The van der Waals surface area contributed by atoms with Gasteiger partial charge in [-0.05, 0) is 77.0 Å². The van der Waals surface area contributed by atoms with E-state index in [9.17, 15) is 19.8 Å². The smallest absolute Gasteiger partial charge is 0.305 e. The first-order valence-corrected chi connectivity index (χ1v) is 41.6. The minimum absolute atomic E-state index is 0.0221. The molecule has 0 bridgehead atoms. The van der Waals surface area contributed by atoms with E-state index in [1.54, 1.807) is 0 Å². The van der Waals surface area contributed by atoms with Crippen molar-refractivity contribution < 1.29 is 24.5 Å². The molecular formula is C84H163NO5. The summed E-state index contributed by atoms with van der Waals surface area (Å²) in [5.74, 6) is -0.00434. The maximum absolute atomic E-state index is 12.5. The van der Waals surface area contributed by atoms with Gasteiger partial charge >= 0.3 is 5.97 Å². The van der Waals surface area contributed by atoms with Crippen molar-refractivity contribution in [2.75, 3.05) is 13.2 Å². The Balaban J connectivity index is 3.31. The van der Waals surface area contributed by atoms with Gasteiger partial charge in [0.1, 0.15) is 0 Å². The first-order chi connectivity index (χ1) is 44.5. The summed E-state index contributed by atoms with van der Waals surface area (Å²) in [6, 6.07) is -0.538. The predicted molar refractivity (Wildman–Crippen MR) is 398 cm³/mol. The topological polar surface area (TPSA) is 95.9 Å². The highest BCUT2D eigenvalue weighted by Crippen LogP contribution is 2.20. The third-order valence-electron chi connectivity index (χ3n) is 19.7. The van der Waals surface area contributed by atoms with E-state index >= 15 is 0 Å². The maximum atomic E-state index is 12.5. The molecule has 1 amide bonds. The quantitative estimate of drug-likeness (QED) is 0.0320. The normalized spacial score (nSPS) is 12.5. The molecule has 0 saturated heterocycles. The van der Waals surface area contributed by atoms with E-state index in [0.29, 0.717) is 25.9 Å². The number of rotatable bonds is 79. The monoisotopic (exact) mass is 1270 g/mol. The van der Waals surface area contributed by atoms with Crippen molar-refractivity contribution in [3.05, 3.63) is 24.3 Å². The number of ether oxygens (including phenoxy) is 1. The SMILES string of the molecule is CCCCCCCC/C=C\CCCCCCCCCCCC(=O)OCCCCCCCCCCCCCCCCCC/C=C\CCCCCCCCCCCCCCCCCCCC(=O)NC(CO)C(O)CCCCCCCCCCCCCCCCCCC. The molecule has 0 fully saturated rings. The molecule has 0 aromatic rings. The van der Waals surface area contributed by atoms with Gasteiger partial charge in [0.2, 0.25) is 5.91 Å². The molecule has 90 heavy (non-hydrogen) atoms. The molecule has 2 unspecified atom stereocenters. The third-order valence-corrected chi connectivity index (χ3v) is 19.7. The van der Waals surface area contributed by atoms with Crippen LogP contribution < -0.4 is 5.32 Å². The zero-order valence-corrected chi connectivity index (χ0v) is 61.4. The number of carbonyl (C=O) groups excluding carboxylic acids is 2. The van der Waals surface area contributed by atoms with Gasteiger partial charge in [-0.15, -0.1) is 0 Å². The first kappa shape index (κ1) is 88.3. The number of carbonyl (C=O) groups is 2. The second-order valence-electron chi connectivity index (χ2n) is 28.8. The summed E-state index contributed by atoms with van der Waals surface area (Å²) in [5.41, 5.74) is 0. The van der Waals surface area contributed by atoms with Crippen molar-refractivity contribution in [1.82, 2.24) is 5.32 Å². The Morgan fingerprint density at radius 3 is 0.789 bits per heavy atom. The van der Waals surface area contributed by atoms with Crippen LogP contribution in [0.1, 0.15) is 476 Å². The Bertz CT molecular complexity index is 1410. The molecule has 0 aliphatic carbocycles. The van der Waals surface area contributed by atoms with Crippen LogP contribution in [0.4, 0.5) is 0 Å². The largest absolute Gasteiger partial charge is 0.466 e. The summed E-state index contributed by atoms with van der Waals surface area (Å²) in [6.45, 7) is 5.00. The maximum Gasteiger partial charge on any atom is 0.305 e. The number of nitrogens with one attached hydrogen (secondary N) is 1. The Morgan fingerprint density at radius 2 is 0.522 bits per heavy atom. The molecular weight excluding hydrogens is 1100 g/mol. The molecule has 0 rings (SSSR count). The lowest BCUT2D eigenvalue weighted by atomic mass is 10.0. The minimum atomic E-state index is -0.662. The van der Waals surface area contributed by atoms with Crippen molar-refractivity contribution in [2.45, 2.75) is 488 Å². The molecule has 0 heterocycles.